The fourth-order valence-corrected chi connectivity index (χ4v) is 4.00. The van der Waals surface area contributed by atoms with Crippen LogP contribution < -0.4 is 10.5 Å². The second-order valence-corrected chi connectivity index (χ2v) is 5.89. The van der Waals surface area contributed by atoms with E-state index in [0.717, 1.165) is 18.6 Å². The summed E-state index contributed by atoms with van der Waals surface area (Å²) in [5, 5.41) is 0. The molecule has 2 aliphatic rings. The first-order valence-electron chi connectivity index (χ1n) is 7.19. The van der Waals surface area contributed by atoms with Crippen molar-refractivity contribution in [1.82, 2.24) is 0 Å². The van der Waals surface area contributed by atoms with Gasteiger partial charge in [-0.25, -0.2) is 0 Å². The van der Waals surface area contributed by atoms with Crippen molar-refractivity contribution in [3.05, 3.63) is 29.3 Å². The van der Waals surface area contributed by atoms with E-state index in [1.54, 1.807) is 7.11 Å². The molecule has 0 bridgehead atoms. The van der Waals surface area contributed by atoms with Gasteiger partial charge in [-0.2, -0.15) is 0 Å². The predicted octanol–water partition coefficient (Wildman–Crippen LogP) is 3.17. The van der Waals surface area contributed by atoms with Gasteiger partial charge in [0.2, 0.25) is 0 Å². The number of benzene rings is 1. The van der Waals surface area contributed by atoms with Crippen LogP contribution in [-0.4, -0.2) is 13.2 Å². The van der Waals surface area contributed by atoms with Crippen LogP contribution in [0.15, 0.2) is 18.2 Å². The van der Waals surface area contributed by atoms with Crippen molar-refractivity contribution in [2.45, 2.75) is 56.4 Å². The van der Waals surface area contributed by atoms with Crippen molar-refractivity contribution in [2.75, 3.05) is 7.11 Å². The number of hydrogen-bond acceptors (Lipinski definition) is 2. The highest BCUT2D eigenvalue weighted by atomic mass is 16.5. The van der Waals surface area contributed by atoms with Crippen LogP contribution >= 0.6 is 0 Å². The molecule has 0 saturated heterocycles. The lowest BCUT2D eigenvalue weighted by Crippen LogP contribution is -2.49. The predicted molar refractivity (Wildman–Crippen MR) is 74.1 cm³/mol. The molecule has 1 aromatic carbocycles. The first-order valence-corrected chi connectivity index (χ1v) is 7.19. The molecule has 2 aliphatic carbocycles. The molecule has 18 heavy (non-hydrogen) atoms. The SMILES string of the molecule is COc1ccc2c(c1)CCC(N)C21CCCCC1. The fraction of sp³-hybridized carbons (Fsp3) is 0.625. The van der Waals surface area contributed by atoms with Crippen LogP contribution in [0.2, 0.25) is 0 Å². The van der Waals surface area contributed by atoms with Crippen molar-refractivity contribution >= 4 is 0 Å². The van der Waals surface area contributed by atoms with E-state index < -0.39 is 0 Å². The van der Waals surface area contributed by atoms with Crippen LogP contribution in [0.25, 0.3) is 0 Å². The maximum absolute atomic E-state index is 6.50. The van der Waals surface area contributed by atoms with E-state index in [1.165, 1.54) is 43.2 Å². The molecule has 1 aromatic rings. The zero-order valence-corrected chi connectivity index (χ0v) is 11.2. The minimum Gasteiger partial charge on any atom is -0.497 e. The molecule has 98 valence electrons. The highest BCUT2D eigenvalue weighted by molar-refractivity contribution is 5.44. The van der Waals surface area contributed by atoms with E-state index in [9.17, 15) is 0 Å². The van der Waals surface area contributed by atoms with Gasteiger partial charge in [-0.3, -0.25) is 0 Å². The van der Waals surface area contributed by atoms with Crippen LogP contribution in [-0.2, 0) is 11.8 Å². The maximum Gasteiger partial charge on any atom is 0.119 e. The van der Waals surface area contributed by atoms with Gasteiger partial charge >= 0.3 is 0 Å². The number of rotatable bonds is 1. The van der Waals surface area contributed by atoms with Gasteiger partial charge in [0.1, 0.15) is 5.75 Å². The van der Waals surface area contributed by atoms with Crippen LogP contribution in [0.4, 0.5) is 0 Å². The molecule has 0 heterocycles. The second kappa shape index (κ2) is 4.58. The Morgan fingerprint density at radius 1 is 1.22 bits per heavy atom. The van der Waals surface area contributed by atoms with Crippen molar-refractivity contribution in [3.8, 4) is 5.75 Å². The molecule has 1 unspecified atom stereocenters. The first kappa shape index (κ1) is 12.0. The summed E-state index contributed by atoms with van der Waals surface area (Å²) in [6.07, 6.45) is 8.81. The molecular weight excluding hydrogens is 222 g/mol. The monoisotopic (exact) mass is 245 g/mol. The smallest absolute Gasteiger partial charge is 0.119 e. The van der Waals surface area contributed by atoms with E-state index in [-0.39, 0.29) is 5.41 Å². The topological polar surface area (TPSA) is 35.2 Å². The zero-order chi connectivity index (χ0) is 12.6. The summed E-state index contributed by atoms with van der Waals surface area (Å²) >= 11 is 0. The molecule has 0 aromatic heterocycles. The Hall–Kier alpha value is -1.02. The molecule has 2 N–H and O–H groups in total. The molecule has 0 amide bonds. The molecule has 1 spiro atoms. The molecule has 2 nitrogen and oxygen atoms in total. The Balaban J connectivity index is 2.05. The first-order chi connectivity index (χ1) is 8.76. The fourth-order valence-electron chi connectivity index (χ4n) is 4.00. The Morgan fingerprint density at radius 3 is 2.72 bits per heavy atom. The van der Waals surface area contributed by atoms with Gasteiger partial charge in [0.25, 0.3) is 0 Å². The average Bonchev–Trinajstić information content (AvgIpc) is 2.44. The minimum absolute atomic E-state index is 0.262. The van der Waals surface area contributed by atoms with Crippen LogP contribution in [0.5, 0.6) is 5.75 Å². The Kier molecular flexibility index (Phi) is 3.06. The zero-order valence-electron chi connectivity index (χ0n) is 11.2. The minimum atomic E-state index is 0.262. The van der Waals surface area contributed by atoms with Gasteiger partial charge in [-0.05, 0) is 48.9 Å². The Labute approximate surface area is 110 Å². The van der Waals surface area contributed by atoms with Gasteiger partial charge in [0, 0.05) is 11.5 Å². The molecule has 2 heteroatoms. The molecule has 1 atom stereocenters. The van der Waals surface area contributed by atoms with E-state index in [4.69, 9.17) is 10.5 Å². The second-order valence-electron chi connectivity index (χ2n) is 5.89. The van der Waals surface area contributed by atoms with Gasteiger partial charge in [0.05, 0.1) is 7.11 Å². The van der Waals surface area contributed by atoms with Crippen LogP contribution in [0.1, 0.15) is 49.7 Å². The molecule has 0 radical (unpaired) electrons. The third kappa shape index (κ3) is 1.74. The van der Waals surface area contributed by atoms with Crippen molar-refractivity contribution in [1.29, 1.82) is 0 Å². The summed E-state index contributed by atoms with van der Waals surface area (Å²) in [5.74, 6) is 0.982. The van der Waals surface area contributed by atoms with Crippen LogP contribution in [0.3, 0.4) is 0 Å². The largest absolute Gasteiger partial charge is 0.497 e. The maximum atomic E-state index is 6.50. The van der Waals surface area contributed by atoms with Gasteiger partial charge in [-0.1, -0.05) is 25.3 Å². The highest BCUT2D eigenvalue weighted by Crippen LogP contribution is 2.47. The molecule has 1 fully saturated rings. The number of methoxy groups -OCH3 is 1. The highest BCUT2D eigenvalue weighted by Gasteiger charge is 2.42. The van der Waals surface area contributed by atoms with Crippen molar-refractivity contribution in [3.63, 3.8) is 0 Å². The summed E-state index contributed by atoms with van der Waals surface area (Å²) in [5.41, 5.74) is 9.75. The Bertz CT molecular complexity index is 435. The lowest BCUT2D eigenvalue weighted by molar-refractivity contribution is 0.221. The number of hydrogen-bond donors (Lipinski definition) is 1. The Morgan fingerprint density at radius 2 is 2.00 bits per heavy atom. The van der Waals surface area contributed by atoms with E-state index >= 15 is 0 Å². The standard InChI is InChI=1S/C16H23NO/c1-18-13-6-7-14-12(11-13)5-8-15(17)16(14)9-3-2-4-10-16/h6-7,11,15H,2-5,8-10,17H2,1H3. The average molecular weight is 245 g/mol. The molecule has 0 aliphatic heterocycles. The van der Waals surface area contributed by atoms with E-state index in [0.29, 0.717) is 6.04 Å². The number of fused-ring (bicyclic) bond motifs is 2. The van der Waals surface area contributed by atoms with Crippen molar-refractivity contribution < 1.29 is 4.74 Å². The lowest BCUT2D eigenvalue weighted by Gasteiger charge is -2.46. The molecular formula is C16H23NO. The summed E-state index contributed by atoms with van der Waals surface area (Å²) in [6.45, 7) is 0. The van der Waals surface area contributed by atoms with E-state index in [1.807, 2.05) is 0 Å². The van der Waals surface area contributed by atoms with Gasteiger partial charge < -0.3 is 10.5 Å². The third-order valence-electron chi connectivity index (χ3n) is 5.03. The lowest BCUT2D eigenvalue weighted by atomic mass is 9.60. The summed E-state index contributed by atoms with van der Waals surface area (Å²) in [7, 11) is 1.74. The molecule has 1 saturated carbocycles. The quantitative estimate of drug-likeness (QED) is 0.824. The van der Waals surface area contributed by atoms with Crippen molar-refractivity contribution in [2.24, 2.45) is 5.73 Å². The normalized spacial score (nSPS) is 25.8. The number of ether oxygens (including phenoxy) is 1. The summed E-state index contributed by atoms with van der Waals surface area (Å²) < 4.78 is 5.35. The van der Waals surface area contributed by atoms with Gasteiger partial charge in [0.15, 0.2) is 0 Å². The third-order valence-corrected chi connectivity index (χ3v) is 5.03. The summed E-state index contributed by atoms with van der Waals surface area (Å²) in [4.78, 5) is 0. The van der Waals surface area contributed by atoms with E-state index in [2.05, 4.69) is 18.2 Å². The summed E-state index contributed by atoms with van der Waals surface area (Å²) in [6, 6.07) is 6.95. The molecule has 3 rings (SSSR count). The van der Waals surface area contributed by atoms with Crippen LogP contribution in [0, 0.1) is 0 Å². The van der Waals surface area contributed by atoms with Gasteiger partial charge in [-0.15, -0.1) is 0 Å². The number of nitrogens with two attached hydrogens (primary N) is 1. The number of aryl methyl sites for hydroxylation is 1.